The van der Waals surface area contributed by atoms with E-state index in [9.17, 15) is 0 Å². The van der Waals surface area contributed by atoms with Crippen molar-refractivity contribution >= 4 is 11.6 Å². The molecule has 4 unspecified atom stereocenters. The Balaban J connectivity index is 0.000000452. The van der Waals surface area contributed by atoms with E-state index in [0.29, 0.717) is 10.9 Å². The van der Waals surface area contributed by atoms with E-state index in [4.69, 9.17) is 25.8 Å². The van der Waals surface area contributed by atoms with Crippen LogP contribution in [0.5, 0.6) is 0 Å². The van der Waals surface area contributed by atoms with Gasteiger partial charge in [-0.05, 0) is 79.3 Å². The Morgan fingerprint density at radius 1 is 1.14 bits per heavy atom. The Hall–Kier alpha value is -2.27. The molecule has 4 atom stereocenters. The van der Waals surface area contributed by atoms with Crippen molar-refractivity contribution in [3.05, 3.63) is 88.9 Å². The van der Waals surface area contributed by atoms with E-state index in [-0.39, 0.29) is 24.2 Å². The van der Waals surface area contributed by atoms with Gasteiger partial charge in [-0.25, -0.2) is 0 Å². The summed E-state index contributed by atoms with van der Waals surface area (Å²) in [6, 6.07) is 8.52. The normalized spacial score (nSPS) is 22.7. The minimum absolute atomic E-state index is 0.00792. The second kappa shape index (κ2) is 17.4. The third-order valence-corrected chi connectivity index (χ3v) is 9.36. The van der Waals surface area contributed by atoms with Crippen LogP contribution >= 0.6 is 11.6 Å². The minimum atomic E-state index is -0.225. The number of nitrogens with zero attached hydrogens (tertiary/aromatic N) is 1. The summed E-state index contributed by atoms with van der Waals surface area (Å²) in [4.78, 5) is 0. The molecule has 0 amide bonds. The Morgan fingerprint density at radius 3 is 2.41 bits per heavy atom. The molecule has 0 saturated heterocycles. The van der Waals surface area contributed by atoms with Gasteiger partial charge in [0.1, 0.15) is 11.9 Å². The van der Waals surface area contributed by atoms with E-state index in [1.165, 1.54) is 43.4 Å². The van der Waals surface area contributed by atoms with E-state index < -0.39 is 0 Å². The highest BCUT2D eigenvalue weighted by molar-refractivity contribution is 6.30. The van der Waals surface area contributed by atoms with Crippen LogP contribution in [0.25, 0.3) is 5.69 Å². The number of halogens is 1. The molecule has 5 rings (SSSR count). The molecule has 2 aliphatic carbocycles. The molecule has 44 heavy (non-hydrogen) atoms. The lowest BCUT2D eigenvalue weighted by molar-refractivity contribution is -0.0769. The molecular formula is C39H58ClNO3. The van der Waals surface area contributed by atoms with Crippen LogP contribution in [0.1, 0.15) is 122 Å². The van der Waals surface area contributed by atoms with Gasteiger partial charge in [0.15, 0.2) is 0 Å². The zero-order valence-electron chi connectivity index (χ0n) is 28.7. The van der Waals surface area contributed by atoms with Crippen LogP contribution in [0.3, 0.4) is 0 Å². The summed E-state index contributed by atoms with van der Waals surface area (Å²) in [5.74, 6) is 1.38. The predicted molar refractivity (Wildman–Crippen MR) is 187 cm³/mol. The van der Waals surface area contributed by atoms with Crippen molar-refractivity contribution in [2.24, 2.45) is 17.3 Å². The molecule has 0 radical (unpaired) electrons. The Labute approximate surface area is 273 Å². The van der Waals surface area contributed by atoms with Crippen LogP contribution in [0.15, 0.2) is 67.1 Å². The molecule has 5 heteroatoms. The third-order valence-electron chi connectivity index (χ3n) is 9.13. The van der Waals surface area contributed by atoms with Crippen molar-refractivity contribution in [2.75, 3.05) is 14.2 Å². The highest BCUT2D eigenvalue weighted by Crippen LogP contribution is 2.48. The Kier molecular flexibility index (Phi) is 14.3. The summed E-state index contributed by atoms with van der Waals surface area (Å²) in [5.41, 5.74) is 5.60. The van der Waals surface area contributed by atoms with Gasteiger partial charge in [0, 0.05) is 29.8 Å². The molecule has 4 nitrogen and oxygen atoms in total. The maximum Gasteiger partial charge on any atom is 0.125 e. The first-order chi connectivity index (χ1) is 21.1. The van der Waals surface area contributed by atoms with E-state index in [1.54, 1.807) is 14.2 Å². The van der Waals surface area contributed by atoms with Gasteiger partial charge in [0.25, 0.3) is 0 Å². The van der Waals surface area contributed by atoms with Crippen LogP contribution in [-0.2, 0) is 20.6 Å². The largest absolute Gasteiger partial charge is 0.498 e. The van der Waals surface area contributed by atoms with Gasteiger partial charge in [-0.1, -0.05) is 97.1 Å². The van der Waals surface area contributed by atoms with Gasteiger partial charge in [0.2, 0.25) is 0 Å². The van der Waals surface area contributed by atoms with Crippen molar-refractivity contribution in [2.45, 2.75) is 118 Å². The van der Waals surface area contributed by atoms with Crippen molar-refractivity contribution in [3.63, 3.8) is 0 Å². The fraction of sp³-hybridized carbons (Fsp3) is 0.590. The third kappa shape index (κ3) is 9.61. The minimum Gasteiger partial charge on any atom is -0.498 e. The van der Waals surface area contributed by atoms with Crippen LogP contribution in [-0.4, -0.2) is 24.9 Å². The molecule has 1 fully saturated rings. The summed E-state index contributed by atoms with van der Waals surface area (Å²) in [5, 5.41) is 0.712. The van der Waals surface area contributed by atoms with Crippen LogP contribution < -0.4 is 0 Å². The SMILES string of the molecule is C=CCC.CCC1(C)CC1.CCCCCC1OC(C2C=CC=C(OC)C2OC)c2cc(Cl)ccc2-n2cc(CC(C)C)cc21. The molecule has 0 N–H and O–H groups in total. The summed E-state index contributed by atoms with van der Waals surface area (Å²) >= 11 is 6.55. The Bertz CT molecular complexity index is 1240. The monoisotopic (exact) mass is 623 g/mol. The number of fused-ring (bicyclic) bond motifs is 3. The average Bonchev–Trinajstić information content (AvgIpc) is 3.67. The summed E-state index contributed by atoms with van der Waals surface area (Å²) < 4.78 is 21.0. The van der Waals surface area contributed by atoms with Gasteiger partial charge in [0.05, 0.1) is 30.7 Å². The van der Waals surface area contributed by atoms with Crippen molar-refractivity contribution in [1.82, 2.24) is 4.57 Å². The first-order valence-electron chi connectivity index (χ1n) is 16.9. The lowest BCUT2D eigenvalue weighted by Gasteiger charge is -2.35. The number of hydrogen-bond donors (Lipinski definition) is 0. The number of ether oxygens (including phenoxy) is 3. The second-order valence-corrected chi connectivity index (χ2v) is 13.7. The van der Waals surface area contributed by atoms with Gasteiger partial charge >= 0.3 is 0 Å². The van der Waals surface area contributed by atoms with Crippen molar-refractivity contribution in [3.8, 4) is 5.69 Å². The quantitative estimate of drug-likeness (QED) is 0.184. The molecule has 2 heterocycles. The molecule has 1 aromatic heterocycles. The standard InChI is InChI=1S/C29H38ClNO3.C6H12.C4H8/c1-6-7-8-11-26-25-16-20(15-19(2)3)18-31(25)24-14-13-21(30)17-23(24)28(34-26)22-10-9-12-27(32-4)29(22)33-5;1-3-6(2)4-5-6;1-3-4-2/h9-10,12-14,16-19,22,26,28-29H,6-8,11,15H2,1-5H3;3-5H2,1-2H3;3H,1,4H2,2H3. The molecular weight excluding hydrogens is 566 g/mol. The number of allylic oxidation sites excluding steroid dienone is 3. The highest BCUT2D eigenvalue weighted by Gasteiger charge is 2.40. The Morgan fingerprint density at radius 2 is 1.86 bits per heavy atom. The molecule has 244 valence electrons. The second-order valence-electron chi connectivity index (χ2n) is 13.2. The number of aromatic nitrogens is 1. The van der Waals surface area contributed by atoms with E-state index in [1.807, 2.05) is 24.3 Å². The first-order valence-corrected chi connectivity index (χ1v) is 17.2. The summed E-state index contributed by atoms with van der Waals surface area (Å²) in [6.45, 7) is 16.9. The average molecular weight is 624 g/mol. The molecule has 0 spiro atoms. The van der Waals surface area contributed by atoms with Gasteiger partial charge in [-0.3, -0.25) is 0 Å². The molecule has 1 aromatic carbocycles. The number of benzene rings is 1. The van der Waals surface area contributed by atoms with Gasteiger partial charge in [-0.15, -0.1) is 6.58 Å². The van der Waals surface area contributed by atoms with Crippen molar-refractivity contribution < 1.29 is 14.2 Å². The molecule has 1 aliphatic heterocycles. The highest BCUT2D eigenvalue weighted by atomic mass is 35.5. The maximum atomic E-state index is 7.06. The van der Waals surface area contributed by atoms with Gasteiger partial charge in [-0.2, -0.15) is 0 Å². The smallest absolute Gasteiger partial charge is 0.125 e. The van der Waals surface area contributed by atoms with Crippen LogP contribution in [0.4, 0.5) is 0 Å². The van der Waals surface area contributed by atoms with Crippen LogP contribution in [0.2, 0.25) is 5.02 Å². The molecule has 2 aromatic rings. The van der Waals surface area contributed by atoms with E-state index in [2.05, 4.69) is 83.2 Å². The summed E-state index contributed by atoms with van der Waals surface area (Å²) in [6.07, 6.45) is 20.9. The van der Waals surface area contributed by atoms with Gasteiger partial charge < -0.3 is 18.8 Å². The first kappa shape index (κ1) is 36.2. The zero-order chi connectivity index (χ0) is 32.3. The topological polar surface area (TPSA) is 32.6 Å². The maximum absolute atomic E-state index is 7.06. The number of hydrogen-bond acceptors (Lipinski definition) is 3. The number of methoxy groups -OCH3 is 2. The predicted octanol–water partition coefficient (Wildman–Crippen LogP) is 11.5. The lowest BCUT2D eigenvalue weighted by Crippen LogP contribution is -2.32. The molecule has 3 aliphatic rings. The number of rotatable bonds is 11. The fourth-order valence-electron chi connectivity index (χ4n) is 5.91. The molecule has 0 bridgehead atoms. The summed E-state index contributed by atoms with van der Waals surface area (Å²) in [7, 11) is 3.43. The zero-order valence-corrected chi connectivity index (χ0v) is 29.5. The van der Waals surface area contributed by atoms with E-state index in [0.717, 1.165) is 48.1 Å². The fourth-order valence-corrected chi connectivity index (χ4v) is 6.09. The van der Waals surface area contributed by atoms with Crippen molar-refractivity contribution in [1.29, 1.82) is 0 Å². The lowest BCUT2D eigenvalue weighted by atomic mass is 9.86. The number of unbranched alkanes of at least 4 members (excludes halogenated alkanes) is 2. The van der Waals surface area contributed by atoms with Crippen LogP contribution in [0, 0.1) is 17.3 Å². The molecule has 1 saturated carbocycles. The van der Waals surface area contributed by atoms with E-state index >= 15 is 0 Å².